The molecule has 3 nitrogen and oxygen atoms in total. The molecule has 66 valence electrons. The first-order chi connectivity index (χ1) is 5.22. The summed E-state index contributed by atoms with van der Waals surface area (Å²) < 4.78 is 0. The van der Waals surface area contributed by atoms with Crippen LogP contribution in [0.1, 0.15) is 13.8 Å². The number of nitrogens with two attached hydrogens (primary N) is 1. The molecule has 1 heterocycles. The zero-order valence-corrected chi connectivity index (χ0v) is 7.51. The molecule has 1 fully saturated rings. The largest absolute Gasteiger partial charge is 0.329 e. The molecule has 0 aromatic heterocycles. The maximum absolute atomic E-state index is 5.49. The fraction of sp³-hybridized carbons (Fsp3) is 1.00. The van der Waals surface area contributed by atoms with Crippen molar-refractivity contribution in [1.29, 1.82) is 0 Å². The second-order valence-electron chi connectivity index (χ2n) is 3.52. The lowest BCUT2D eigenvalue weighted by molar-refractivity contribution is 0.178. The van der Waals surface area contributed by atoms with Crippen molar-refractivity contribution in [2.24, 2.45) is 5.73 Å². The Kier molecular flexibility index (Phi) is 3.30. The van der Waals surface area contributed by atoms with Gasteiger partial charge in [0, 0.05) is 38.3 Å². The van der Waals surface area contributed by atoms with Crippen LogP contribution in [0.4, 0.5) is 0 Å². The molecule has 0 bridgehead atoms. The number of piperazine rings is 1. The smallest absolute Gasteiger partial charge is 0.0169 e. The highest BCUT2D eigenvalue weighted by Crippen LogP contribution is 2.02. The highest BCUT2D eigenvalue weighted by Gasteiger charge is 2.19. The van der Waals surface area contributed by atoms with Crippen molar-refractivity contribution in [2.45, 2.75) is 25.9 Å². The van der Waals surface area contributed by atoms with Crippen molar-refractivity contribution in [3.05, 3.63) is 0 Å². The molecule has 1 rings (SSSR count). The van der Waals surface area contributed by atoms with E-state index >= 15 is 0 Å². The van der Waals surface area contributed by atoms with Gasteiger partial charge in [-0.1, -0.05) is 0 Å². The zero-order valence-electron chi connectivity index (χ0n) is 7.51. The average Bonchev–Trinajstić information content (AvgIpc) is 1.85. The fourth-order valence-electron chi connectivity index (χ4n) is 1.81. The standard InChI is InChI=1S/C8H19N3/c1-7-5-11(4-3-9)6-8(2)10-7/h7-8,10H,3-6,9H2,1-2H3. The molecule has 2 atom stereocenters. The van der Waals surface area contributed by atoms with Gasteiger partial charge in [0.2, 0.25) is 0 Å². The third-order valence-corrected chi connectivity index (χ3v) is 2.08. The van der Waals surface area contributed by atoms with Crippen LogP contribution >= 0.6 is 0 Å². The number of rotatable bonds is 2. The minimum absolute atomic E-state index is 0.616. The van der Waals surface area contributed by atoms with Crippen molar-refractivity contribution >= 4 is 0 Å². The van der Waals surface area contributed by atoms with Crippen molar-refractivity contribution < 1.29 is 0 Å². The zero-order chi connectivity index (χ0) is 8.27. The predicted molar refractivity (Wildman–Crippen MR) is 47.6 cm³/mol. The first-order valence-corrected chi connectivity index (χ1v) is 4.41. The second-order valence-corrected chi connectivity index (χ2v) is 3.52. The van der Waals surface area contributed by atoms with E-state index in [4.69, 9.17) is 5.73 Å². The molecule has 0 spiro atoms. The molecule has 3 heteroatoms. The van der Waals surface area contributed by atoms with Gasteiger partial charge in [-0.15, -0.1) is 0 Å². The van der Waals surface area contributed by atoms with Crippen LogP contribution in [0.25, 0.3) is 0 Å². The Bertz CT molecular complexity index is 106. The van der Waals surface area contributed by atoms with Crippen LogP contribution in [0, 0.1) is 0 Å². The lowest BCUT2D eigenvalue weighted by Gasteiger charge is -2.35. The van der Waals surface area contributed by atoms with Crippen LogP contribution in [0.15, 0.2) is 0 Å². The maximum atomic E-state index is 5.49. The lowest BCUT2D eigenvalue weighted by Crippen LogP contribution is -2.54. The fourth-order valence-corrected chi connectivity index (χ4v) is 1.81. The van der Waals surface area contributed by atoms with E-state index in [0.717, 1.165) is 26.2 Å². The summed E-state index contributed by atoms with van der Waals surface area (Å²) in [7, 11) is 0. The molecule has 0 aliphatic carbocycles. The van der Waals surface area contributed by atoms with Gasteiger partial charge < -0.3 is 11.1 Å². The van der Waals surface area contributed by atoms with Gasteiger partial charge in [-0.2, -0.15) is 0 Å². The molecule has 2 unspecified atom stereocenters. The molecule has 0 aromatic carbocycles. The monoisotopic (exact) mass is 157 g/mol. The van der Waals surface area contributed by atoms with E-state index in [1.165, 1.54) is 0 Å². The van der Waals surface area contributed by atoms with E-state index in [1.807, 2.05) is 0 Å². The first kappa shape index (κ1) is 8.97. The van der Waals surface area contributed by atoms with E-state index in [0.29, 0.717) is 12.1 Å². The molecule has 11 heavy (non-hydrogen) atoms. The van der Waals surface area contributed by atoms with E-state index in [1.54, 1.807) is 0 Å². The molecule has 1 saturated heterocycles. The van der Waals surface area contributed by atoms with Gasteiger partial charge in [-0.25, -0.2) is 0 Å². The Morgan fingerprint density at radius 3 is 2.36 bits per heavy atom. The Morgan fingerprint density at radius 2 is 1.91 bits per heavy atom. The number of nitrogens with one attached hydrogen (secondary N) is 1. The molecule has 3 N–H and O–H groups in total. The van der Waals surface area contributed by atoms with Crippen LogP contribution in [0.3, 0.4) is 0 Å². The SMILES string of the molecule is CC1CN(CCN)CC(C)N1. The van der Waals surface area contributed by atoms with Crippen molar-refractivity contribution in [1.82, 2.24) is 10.2 Å². The Morgan fingerprint density at radius 1 is 1.36 bits per heavy atom. The summed E-state index contributed by atoms with van der Waals surface area (Å²) in [5, 5.41) is 3.49. The topological polar surface area (TPSA) is 41.3 Å². The molecule has 0 amide bonds. The highest BCUT2D eigenvalue weighted by molar-refractivity contribution is 4.80. The van der Waals surface area contributed by atoms with Gasteiger partial charge in [0.1, 0.15) is 0 Å². The predicted octanol–water partition coefficient (Wildman–Crippen LogP) is -0.373. The van der Waals surface area contributed by atoms with Gasteiger partial charge >= 0.3 is 0 Å². The minimum Gasteiger partial charge on any atom is -0.329 e. The summed E-state index contributed by atoms with van der Waals surface area (Å²) >= 11 is 0. The molecule has 1 aliphatic heterocycles. The van der Waals surface area contributed by atoms with E-state index in [9.17, 15) is 0 Å². The van der Waals surface area contributed by atoms with E-state index < -0.39 is 0 Å². The molecule has 0 saturated carbocycles. The molecular formula is C8H19N3. The summed E-state index contributed by atoms with van der Waals surface area (Å²) in [6.07, 6.45) is 0. The third kappa shape index (κ3) is 2.77. The van der Waals surface area contributed by atoms with Gasteiger partial charge in [-0.05, 0) is 13.8 Å². The van der Waals surface area contributed by atoms with E-state index in [-0.39, 0.29) is 0 Å². The Hall–Kier alpha value is -0.120. The van der Waals surface area contributed by atoms with Gasteiger partial charge in [0.25, 0.3) is 0 Å². The maximum Gasteiger partial charge on any atom is 0.0169 e. The van der Waals surface area contributed by atoms with Crippen LogP contribution in [-0.4, -0.2) is 43.2 Å². The van der Waals surface area contributed by atoms with Crippen molar-refractivity contribution in [2.75, 3.05) is 26.2 Å². The second kappa shape index (κ2) is 4.04. The van der Waals surface area contributed by atoms with E-state index in [2.05, 4.69) is 24.1 Å². The molecule has 1 aliphatic rings. The molecule has 0 aromatic rings. The quantitative estimate of drug-likeness (QED) is 0.574. The van der Waals surface area contributed by atoms with Crippen LogP contribution < -0.4 is 11.1 Å². The normalized spacial score (nSPS) is 34.1. The van der Waals surface area contributed by atoms with Gasteiger partial charge in [0.15, 0.2) is 0 Å². The van der Waals surface area contributed by atoms with Crippen LogP contribution in [-0.2, 0) is 0 Å². The summed E-state index contributed by atoms with van der Waals surface area (Å²) in [5.74, 6) is 0. The number of nitrogens with zero attached hydrogens (tertiary/aromatic N) is 1. The highest BCUT2D eigenvalue weighted by atomic mass is 15.2. The summed E-state index contributed by atoms with van der Waals surface area (Å²) in [6.45, 7) is 8.54. The summed E-state index contributed by atoms with van der Waals surface area (Å²) in [6, 6.07) is 1.23. The van der Waals surface area contributed by atoms with Crippen LogP contribution in [0.5, 0.6) is 0 Å². The first-order valence-electron chi connectivity index (χ1n) is 4.41. The molecule has 0 radical (unpaired) electrons. The Labute approximate surface area is 68.9 Å². The number of hydrogen-bond donors (Lipinski definition) is 2. The third-order valence-electron chi connectivity index (χ3n) is 2.08. The molecular weight excluding hydrogens is 138 g/mol. The Balaban J connectivity index is 2.30. The van der Waals surface area contributed by atoms with Crippen LogP contribution in [0.2, 0.25) is 0 Å². The van der Waals surface area contributed by atoms with Crippen molar-refractivity contribution in [3.8, 4) is 0 Å². The average molecular weight is 157 g/mol. The van der Waals surface area contributed by atoms with Gasteiger partial charge in [0.05, 0.1) is 0 Å². The van der Waals surface area contributed by atoms with Gasteiger partial charge in [-0.3, -0.25) is 4.90 Å². The lowest BCUT2D eigenvalue weighted by atomic mass is 10.1. The summed E-state index contributed by atoms with van der Waals surface area (Å²) in [4.78, 5) is 2.42. The van der Waals surface area contributed by atoms with Crippen molar-refractivity contribution in [3.63, 3.8) is 0 Å². The summed E-state index contributed by atoms with van der Waals surface area (Å²) in [5.41, 5.74) is 5.49. The number of hydrogen-bond acceptors (Lipinski definition) is 3. The minimum atomic E-state index is 0.616.